The lowest BCUT2D eigenvalue weighted by atomic mass is 9.93. The molecule has 1 heterocycles. The van der Waals surface area contributed by atoms with Crippen LogP contribution in [0.3, 0.4) is 0 Å². The maximum atomic E-state index is 5.65. The molecular formula is C20H34IN3O2. The Morgan fingerprint density at radius 1 is 1.23 bits per heavy atom. The Bertz CT molecular complexity index is 564. The Kier molecular flexibility index (Phi) is 10.5. The number of nitrogens with zero attached hydrogens (tertiary/aromatic N) is 2. The first kappa shape index (κ1) is 23.2. The van der Waals surface area contributed by atoms with Gasteiger partial charge < -0.3 is 19.7 Å². The van der Waals surface area contributed by atoms with Crippen LogP contribution in [0.15, 0.2) is 29.3 Å². The summed E-state index contributed by atoms with van der Waals surface area (Å²) in [6.07, 6.45) is 1.21. The Labute approximate surface area is 175 Å². The minimum atomic E-state index is 0. The summed E-state index contributed by atoms with van der Waals surface area (Å²) in [6.45, 7) is 12.2. The number of hydrogen-bond donors (Lipinski definition) is 1. The van der Waals surface area contributed by atoms with Gasteiger partial charge in [0, 0.05) is 33.3 Å². The van der Waals surface area contributed by atoms with E-state index in [0.29, 0.717) is 25.2 Å². The topological polar surface area (TPSA) is 46.1 Å². The molecule has 0 atom stereocenters. The van der Waals surface area contributed by atoms with E-state index in [1.807, 2.05) is 14.0 Å². The van der Waals surface area contributed by atoms with E-state index >= 15 is 0 Å². The van der Waals surface area contributed by atoms with Crippen LogP contribution >= 0.6 is 24.0 Å². The van der Waals surface area contributed by atoms with Gasteiger partial charge in [-0.25, -0.2) is 0 Å². The molecule has 2 rings (SSSR count). The van der Waals surface area contributed by atoms with Crippen molar-refractivity contribution < 1.29 is 9.47 Å². The molecule has 0 saturated carbocycles. The van der Waals surface area contributed by atoms with Crippen molar-refractivity contribution in [3.8, 4) is 0 Å². The van der Waals surface area contributed by atoms with Crippen molar-refractivity contribution in [3.63, 3.8) is 0 Å². The van der Waals surface area contributed by atoms with Crippen LogP contribution < -0.4 is 5.32 Å². The van der Waals surface area contributed by atoms with Crippen LogP contribution in [-0.2, 0) is 22.6 Å². The molecule has 0 amide bonds. The summed E-state index contributed by atoms with van der Waals surface area (Å²) in [5, 5.41) is 3.49. The maximum Gasteiger partial charge on any atom is 0.193 e. The maximum absolute atomic E-state index is 5.65. The second-order valence-electron chi connectivity index (χ2n) is 7.31. The molecule has 1 aromatic rings. The smallest absolute Gasteiger partial charge is 0.193 e. The average Bonchev–Trinajstić information content (AvgIpc) is 2.95. The summed E-state index contributed by atoms with van der Waals surface area (Å²) in [6, 6.07) is 8.51. The normalized spacial score (nSPS) is 16.5. The number of ether oxygens (including phenoxy) is 2. The molecule has 1 aliphatic heterocycles. The molecular weight excluding hydrogens is 441 g/mol. The zero-order chi connectivity index (χ0) is 18.1. The van der Waals surface area contributed by atoms with Crippen molar-refractivity contribution in [1.82, 2.24) is 10.2 Å². The highest BCUT2D eigenvalue weighted by molar-refractivity contribution is 14.0. The van der Waals surface area contributed by atoms with Gasteiger partial charge in [-0.05, 0) is 29.9 Å². The summed E-state index contributed by atoms with van der Waals surface area (Å²) < 4.78 is 10.9. The molecule has 0 aromatic heterocycles. The van der Waals surface area contributed by atoms with Gasteiger partial charge in [0.2, 0.25) is 0 Å². The molecule has 148 valence electrons. The van der Waals surface area contributed by atoms with Crippen molar-refractivity contribution in [1.29, 1.82) is 0 Å². The highest BCUT2D eigenvalue weighted by Crippen LogP contribution is 2.28. The van der Waals surface area contributed by atoms with E-state index in [1.165, 1.54) is 17.5 Å². The first-order chi connectivity index (χ1) is 12.0. The minimum Gasteiger partial charge on any atom is -0.379 e. The van der Waals surface area contributed by atoms with Crippen LogP contribution in [0.4, 0.5) is 0 Å². The quantitative estimate of drug-likeness (QED) is 0.270. The highest BCUT2D eigenvalue weighted by Gasteiger charge is 2.30. The largest absolute Gasteiger partial charge is 0.379 e. The van der Waals surface area contributed by atoms with Crippen molar-refractivity contribution in [2.75, 3.05) is 40.0 Å². The Morgan fingerprint density at radius 2 is 1.96 bits per heavy atom. The molecule has 26 heavy (non-hydrogen) atoms. The van der Waals surface area contributed by atoms with E-state index in [1.54, 1.807) is 0 Å². The lowest BCUT2D eigenvalue weighted by molar-refractivity contribution is 0.0453. The molecule has 0 unspecified atom stereocenters. The average molecular weight is 475 g/mol. The molecule has 1 saturated heterocycles. The molecule has 5 nitrogen and oxygen atoms in total. The van der Waals surface area contributed by atoms with E-state index in [4.69, 9.17) is 9.47 Å². The van der Waals surface area contributed by atoms with Crippen LogP contribution in [-0.4, -0.2) is 50.8 Å². The van der Waals surface area contributed by atoms with Crippen LogP contribution in [0.5, 0.6) is 0 Å². The van der Waals surface area contributed by atoms with E-state index in [0.717, 1.165) is 32.2 Å². The predicted molar refractivity (Wildman–Crippen MR) is 118 cm³/mol. The molecule has 1 N–H and O–H groups in total. The van der Waals surface area contributed by atoms with Gasteiger partial charge in [-0.15, -0.1) is 24.0 Å². The van der Waals surface area contributed by atoms with Crippen molar-refractivity contribution in [2.24, 2.45) is 10.4 Å². The van der Waals surface area contributed by atoms with Crippen LogP contribution in [0.1, 0.15) is 38.3 Å². The molecule has 1 aromatic carbocycles. The lowest BCUT2D eigenvalue weighted by Gasteiger charge is -2.23. The second kappa shape index (κ2) is 11.8. The number of hydrogen-bond acceptors (Lipinski definition) is 3. The van der Waals surface area contributed by atoms with Gasteiger partial charge in [0.25, 0.3) is 0 Å². The van der Waals surface area contributed by atoms with Gasteiger partial charge in [0.15, 0.2) is 5.96 Å². The number of guanidine groups is 1. The van der Waals surface area contributed by atoms with Gasteiger partial charge in [0.1, 0.15) is 0 Å². The van der Waals surface area contributed by atoms with E-state index in [9.17, 15) is 0 Å². The summed E-state index contributed by atoms with van der Waals surface area (Å²) in [5.74, 6) is 0.990. The van der Waals surface area contributed by atoms with Gasteiger partial charge in [-0.2, -0.15) is 0 Å². The van der Waals surface area contributed by atoms with E-state index < -0.39 is 0 Å². The molecule has 0 spiro atoms. The van der Waals surface area contributed by atoms with Crippen molar-refractivity contribution >= 4 is 29.9 Å². The number of likely N-dealkylation sites (tertiary alicyclic amines) is 1. The number of aliphatic imine (C=N–C) groups is 1. The minimum absolute atomic E-state index is 0. The molecule has 6 heteroatoms. The summed E-state index contributed by atoms with van der Waals surface area (Å²) in [7, 11) is 1.86. The third-order valence-corrected chi connectivity index (χ3v) is 4.48. The monoisotopic (exact) mass is 475 g/mol. The molecule has 0 aliphatic carbocycles. The Morgan fingerprint density at radius 3 is 2.62 bits per heavy atom. The van der Waals surface area contributed by atoms with E-state index in [2.05, 4.69) is 53.3 Å². The fourth-order valence-electron chi connectivity index (χ4n) is 3.09. The number of nitrogens with one attached hydrogen (secondary N) is 1. The molecule has 0 bridgehead atoms. The first-order valence-corrected chi connectivity index (χ1v) is 9.23. The third kappa shape index (κ3) is 7.80. The third-order valence-electron chi connectivity index (χ3n) is 4.48. The Hall–Kier alpha value is -0.860. The standard InChI is InChI=1S/C20H33N3O2.HI/c1-5-24-11-12-25-15-18-8-6-7-17(13-18)14-22-19(21-4)23-10-9-20(2,3)16-23;/h6-8,13H,5,9-12,14-16H2,1-4H3,(H,21,22);1H. The number of halogens is 1. The van der Waals surface area contributed by atoms with E-state index in [-0.39, 0.29) is 24.0 Å². The first-order valence-electron chi connectivity index (χ1n) is 9.23. The van der Waals surface area contributed by atoms with Crippen molar-refractivity contribution in [3.05, 3.63) is 35.4 Å². The predicted octanol–water partition coefficient (Wildman–Crippen LogP) is 3.67. The zero-order valence-electron chi connectivity index (χ0n) is 16.6. The number of benzene rings is 1. The van der Waals surface area contributed by atoms with Gasteiger partial charge >= 0.3 is 0 Å². The fraction of sp³-hybridized carbons (Fsp3) is 0.650. The van der Waals surface area contributed by atoms with Gasteiger partial charge in [-0.1, -0.05) is 38.1 Å². The Balaban J connectivity index is 0.00000338. The zero-order valence-corrected chi connectivity index (χ0v) is 18.9. The van der Waals surface area contributed by atoms with Crippen LogP contribution in [0.25, 0.3) is 0 Å². The summed E-state index contributed by atoms with van der Waals surface area (Å²) in [5.41, 5.74) is 2.80. The van der Waals surface area contributed by atoms with Gasteiger partial charge in [-0.3, -0.25) is 4.99 Å². The molecule has 0 radical (unpaired) electrons. The highest BCUT2D eigenvalue weighted by atomic mass is 127. The van der Waals surface area contributed by atoms with Gasteiger partial charge in [0.05, 0.1) is 19.8 Å². The van der Waals surface area contributed by atoms with Crippen molar-refractivity contribution in [2.45, 2.75) is 40.3 Å². The summed E-state index contributed by atoms with van der Waals surface area (Å²) >= 11 is 0. The second-order valence-corrected chi connectivity index (χ2v) is 7.31. The lowest BCUT2D eigenvalue weighted by Crippen LogP contribution is -2.40. The molecule has 1 fully saturated rings. The number of rotatable bonds is 8. The summed E-state index contributed by atoms with van der Waals surface area (Å²) in [4.78, 5) is 6.79. The fourth-order valence-corrected chi connectivity index (χ4v) is 3.09. The van der Waals surface area contributed by atoms with Crippen LogP contribution in [0.2, 0.25) is 0 Å². The molecule has 1 aliphatic rings. The van der Waals surface area contributed by atoms with Crippen LogP contribution in [0, 0.1) is 5.41 Å². The SMILES string of the molecule is CCOCCOCc1cccc(CNC(=NC)N2CCC(C)(C)C2)c1.I.